The summed E-state index contributed by atoms with van der Waals surface area (Å²) in [7, 11) is 0. The first kappa shape index (κ1) is 16.1. The zero-order valence-corrected chi connectivity index (χ0v) is 14.5. The summed E-state index contributed by atoms with van der Waals surface area (Å²) in [6, 6.07) is 19.9. The molecule has 4 heteroatoms. The number of nitrogens with one attached hydrogen (secondary N) is 2. The standard InChI is InChI=1S/C22H19N3O/c1-15-4-2-3-5-17(15)14-21(26)25-18-8-6-16(7-9-18)19-10-12-23-22-20(19)11-13-24-22/h2-13H,14H2,1H3,(H,23,24)(H,25,26). The van der Waals surface area contributed by atoms with Crippen molar-refractivity contribution in [2.45, 2.75) is 13.3 Å². The Bertz CT molecular complexity index is 1060. The van der Waals surface area contributed by atoms with E-state index < -0.39 is 0 Å². The summed E-state index contributed by atoms with van der Waals surface area (Å²) in [4.78, 5) is 19.8. The minimum atomic E-state index is -0.0102. The molecule has 26 heavy (non-hydrogen) atoms. The summed E-state index contributed by atoms with van der Waals surface area (Å²) in [5.74, 6) is -0.0102. The van der Waals surface area contributed by atoms with Crippen LogP contribution in [-0.2, 0) is 11.2 Å². The number of aryl methyl sites for hydroxylation is 1. The van der Waals surface area contributed by atoms with Crippen LogP contribution >= 0.6 is 0 Å². The highest BCUT2D eigenvalue weighted by atomic mass is 16.1. The largest absolute Gasteiger partial charge is 0.346 e. The quantitative estimate of drug-likeness (QED) is 0.564. The Labute approximate surface area is 151 Å². The van der Waals surface area contributed by atoms with Crippen molar-refractivity contribution in [2.24, 2.45) is 0 Å². The smallest absolute Gasteiger partial charge is 0.228 e. The van der Waals surface area contributed by atoms with Crippen molar-refractivity contribution in [3.63, 3.8) is 0 Å². The Morgan fingerprint density at radius 2 is 1.85 bits per heavy atom. The number of aromatic nitrogens is 2. The zero-order valence-electron chi connectivity index (χ0n) is 14.5. The van der Waals surface area contributed by atoms with Crippen molar-refractivity contribution in [1.29, 1.82) is 0 Å². The van der Waals surface area contributed by atoms with E-state index in [9.17, 15) is 4.79 Å². The fraction of sp³-hybridized carbons (Fsp3) is 0.0909. The predicted octanol–water partition coefficient (Wildman–Crippen LogP) is 4.72. The molecule has 1 amide bonds. The molecule has 0 saturated heterocycles. The molecule has 0 unspecified atom stereocenters. The number of aromatic amines is 1. The summed E-state index contributed by atoms with van der Waals surface area (Å²) in [6.45, 7) is 2.02. The second kappa shape index (κ2) is 6.84. The van der Waals surface area contributed by atoms with E-state index in [1.807, 2.05) is 73.8 Å². The monoisotopic (exact) mass is 341 g/mol. The van der Waals surface area contributed by atoms with Crippen molar-refractivity contribution >= 4 is 22.6 Å². The van der Waals surface area contributed by atoms with Gasteiger partial charge in [-0.2, -0.15) is 0 Å². The highest BCUT2D eigenvalue weighted by Gasteiger charge is 2.08. The Balaban J connectivity index is 1.50. The molecule has 0 radical (unpaired) electrons. The number of rotatable bonds is 4. The van der Waals surface area contributed by atoms with E-state index >= 15 is 0 Å². The lowest BCUT2D eigenvalue weighted by molar-refractivity contribution is -0.115. The van der Waals surface area contributed by atoms with Gasteiger partial charge in [0.25, 0.3) is 0 Å². The molecule has 2 heterocycles. The van der Waals surface area contributed by atoms with Gasteiger partial charge in [-0.15, -0.1) is 0 Å². The molecule has 2 N–H and O–H groups in total. The maximum atomic E-state index is 12.3. The normalized spacial score (nSPS) is 10.8. The molecular formula is C22H19N3O. The minimum absolute atomic E-state index is 0.0102. The molecule has 128 valence electrons. The zero-order chi connectivity index (χ0) is 17.9. The third-order valence-electron chi connectivity index (χ3n) is 4.55. The molecule has 0 aliphatic carbocycles. The molecule has 0 aliphatic heterocycles. The number of nitrogens with zero attached hydrogens (tertiary/aromatic N) is 1. The van der Waals surface area contributed by atoms with Crippen LogP contribution < -0.4 is 5.32 Å². The fourth-order valence-electron chi connectivity index (χ4n) is 3.13. The maximum absolute atomic E-state index is 12.3. The number of carbonyl (C=O) groups is 1. The van der Waals surface area contributed by atoms with Gasteiger partial charge in [0.2, 0.25) is 5.91 Å². The number of anilines is 1. The third-order valence-corrected chi connectivity index (χ3v) is 4.55. The second-order valence-electron chi connectivity index (χ2n) is 6.33. The maximum Gasteiger partial charge on any atom is 0.228 e. The van der Waals surface area contributed by atoms with Crippen LogP contribution in [0.2, 0.25) is 0 Å². The number of H-pyrrole nitrogens is 1. The van der Waals surface area contributed by atoms with Crippen LogP contribution in [0.4, 0.5) is 5.69 Å². The minimum Gasteiger partial charge on any atom is -0.346 e. The first-order chi connectivity index (χ1) is 12.7. The van der Waals surface area contributed by atoms with Crippen molar-refractivity contribution in [3.05, 3.63) is 84.2 Å². The van der Waals surface area contributed by atoms with Crippen LogP contribution in [0, 0.1) is 6.92 Å². The van der Waals surface area contributed by atoms with E-state index in [2.05, 4.69) is 15.3 Å². The molecular weight excluding hydrogens is 322 g/mol. The molecule has 0 fully saturated rings. The Morgan fingerprint density at radius 3 is 2.65 bits per heavy atom. The summed E-state index contributed by atoms with van der Waals surface area (Å²) < 4.78 is 0. The first-order valence-electron chi connectivity index (χ1n) is 8.57. The SMILES string of the molecule is Cc1ccccc1CC(=O)Nc1ccc(-c2ccnc3[nH]ccc23)cc1. The summed E-state index contributed by atoms with van der Waals surface area (Å²) >= 11 is 0. The van der Waals surface area contributed by atoms with Crippen molar-refractivity contribution < 1.29 is 4.79 Å². The van der Waals surface area contributed by atoms with Gasteiger partial charge >= 0.3 is 0 Å². The number of fused-ring (bicyclic) bond motifs is 1. The third kappa shape index (κ3) is 3.22. The number of benzene rings is 2. The van der Waals surface area contributed by atoms with Gasteiger partial charge in [0.1, 0.15) is 5.65 Å². The lowest BCUT2D eigenvalue weighted by Crippen LogP contribution is -2.14. The molecule has 0 atom stereocenters. The van der Waals surface area contributed by atoms with Crippen LogP contribution in [0.25, 0.3) is 22.2 Å². The van der Waals surface area contributed by atoms with Gasteiger partial charge in [0, 0.05) is 23.5 Å². The van der Waals surface area contributed by atoms with Gasteiger partial charge in [0.05, 0.1) is 6.42 Å². The molecule has 0 saturated carbocycles. The molecule has 0 bridgehead atoms. The van der Waals surface area contributed by atoms with E-state index in [1.54, 1.807) is 6.20 Å². The van der Waals surface area contributed by atoms with Crippen LogP contribution in [0.15, 0.2) is 73.1 Å². The van der Waals surface area contributed by atoms with Crippen molar-refractivity contribution in [2.75, 3.05) is 5.32 Å². The molecule has 0 spiro atoms. The van der Waals surface area contributed by atoms with Gasteiger partial charge < -0.3 is 10.3 Å². The highest BCUT2D eigenvalue weighted by Crippen LogP contribution is 2.27. The van der Waals surface area contributed by atoms with E-state index in [1.165, 1.54) is 0 Å². The van der Waals surface area contributed by atoms with Crippen LogP contribution in [0.3, 0.4) is 0 Å². The van der Waals surface area contributed by atoms with E-state index in [0.29, 0.717) is 6.42 Å². The van der Waals surface area contributed by atoms with Crippen LogP contribution in [-0.4, -0.2) is 15.9 Å². The Hall–Kier alpha value is -3.40. The number of carbonyl (C=O) groups excluding carboxylic acids is 1. The Kier molecular flexibility index (Phi) is 4.23. The summed E-state index contributed by atoms with van der Waals surface area (Å²) in [5.41, 5.74) is 6.06. The molecule has 4 aromatic rings. The first-order valence-corrected chi connectivity index (χ1v) is 8.57. The number of hydrogen-bond donors (Lipinski definition) is 2. The predicted molar refractivity (Wildman–Crippen MR) is 105 cm³/mol. The van der Waals surface area contributed by atoms with Crippen molar-refractivity contribution in [3.8, 4) is 11.1 Å². The Morgan fingerprint density at radius 1 is 1.04 bits per heavy atom. The summed E-state index contributed by atoms with van der Waals surface area (Å²) in [6.07, 6.45) is 4.07. The van der Waals surface area contributed by atoms with E-state index in [0.717, 1.165) is 39.0 Å². The molecule has 2 aromatic heterocycles. The van der Waals surface area contributed by atoms with Gasteiger partial charge in [-0.05, 0) is 53.4 Å². The molecule has 2 aromatic carbocycles. The van der Waals surface area contributed by atoms with Gasteiger partial charge in [-0.1, -0.05) is 36.4 Å². The number of hydrogen-bond acceptors (Lipinski definition) is 2. The topological polar surface area (TPSA) is 57.8 Å². The van der Waals surface area contributed by atoms with Gasteiger partial charge in [-0.3, -0.25) is 4.79 Å². The summed E-state index contributed by atoms with van der Waals surface area (Å²) in [5, 5.41) is 4.06. The lowest BCUT2D eigenvalue weighted by Gasteiger charge is -2.09. The fourth-order valence-corrected chi connectivity index (χ4v) is 3.13. The van der Waals surface area contributed by atoms with E-state index in [4.69, 9.17) is 0 Å². The van der Waals surface area contributed by atoms with Crippen LogP contribution in [0.1, 0.15) is 11.1 Å². The second-order valence-corrected chi connectivity index (χ2v) is 6.33. The number of amides is 1. The average molecular weight is 341 g/mol. The van der Waals surface area contributed by atoms with Crippen molar-refractivity contribution in [1.82, 2.24) is 9.97 Å². The average Bonchev–Trinajstić information content (AvgIpc) is 3.13. The molecule has 4 rings (SSSR count). The van der Waals surface area contributed by atoms with E-state index in [-0.39, 0.29) is 5.91 Å². The lowest BCUT2D eigenvalue weighted by atomic mass is 10.0. The molecule has 0 aliphatic rings. The highest BCUT2D eigenvalue weighted by molar-refractivity contribution is 5.95. The van der Waals surface area contributed by atoms with Gasteiger partial charge in [-0.25, -0.2) is 4.98 Å². The molecule has 4 nitrogen and oxygen atoms in total. The van der Waals surface area contributed by atoms with Crippen LogP contribution in [0.5, 0.6) is 0 Å². The number of pyridine rings is 1. The van der Waals surface area contributed by atoms with Gasteiger partial charge in [0.15, 0.2) is 0 Å².